The van der Waals surface area contributed by atoms with E-state index in [1.807, 2.05) is 66.0 Å². The Hall–Kier alpha value is -2.99. The van der Waals surface area contributed by atoms with Gasteiger partial charge in [-0.15, -0.1) is 11.3 Å². The Kier molecular flexibility index (Phi) is 5.48. The molecule has 0 radical (unpaired) electrons. The molecule has 0 atom stereocenters. The van der Waals surface area contributed by atoms with Gasteiger partial charge in [0.15, 0.2) is 11.4 Å². The Labute approximate surface area is 168 Å². The van der Waals surface area contributed by atoms with Crippen molar-refractivity contribution in [3.05, 3.63) is 95.9 Å². The van der Waals surface area contributed by atoms with E-state index in [1.165, 1.54) is 0 Å². The average Bonchev–Trinajstić information content (AvgIpc) is 3.20. The molecule has 4 nitrogen and oxygen atoms in total. The highest BCUT2D eigenvalue weighted by atomic mass is 32.1. The number of hydrogen-bond donors (Lipinski definition) is 2. The zero-order chi connectivity index (χ0) is 19.3. The fourth-order valence-corrected chi connectivity index (χ4v) is 3.92. The summed E-state index contributed by atoms with van der Waals surface area (Å²) < 4.78 is 0. The minimum absolute atomic E-state index is 0.221. The smallest absolute Gasteiger partial charge is 0.195 e. The van der Waals surface area contributed by atoms with Gasteiger partial charge in [-0.2, -0.15) is 0 Å². The number of anilines is 3. The van der Waals surface area contributed by atoms with E-state index >= 15 is 0 Å². The van der Waals surface area contributed by atoms with E-state index < -0.39 is 6.29 Å². The summed E-state index contributed by atoms with van der Waals surface area (Å²) in [6.45, 7) is 0. The summed E-state index contributed by atoms with van der Waals surface area (Å²) in [5, 5.41) is 21.2. The molecule has 2 N–H and O–H groups in total. The van der Waals surface area contributed by atoms with Crippen LogP contribution in [0.25, 0.3) is 11.3 Å². The number of hydrogen-bond acceptors (Lipinski definition) is 5. The van der Waals surface area contributed by atoms with Crippen molar-refractivity contribution in [3.63, 3.8) is 0 Å². The maximum absolute atomic E-state index is 9.11. The Bertz CT molecular complexity index is 976. The molecular weight excluding hydrogens is 368 g/mol. The second kappa shape index (κ2) is 8.35. The Morgan fingerprint density at radius 1 is 0.786 bits per heavy atom. The maximum atomic E-state index is 9.11. The summed E-state index contributed by atoms with van der Waals surface area (Å²) in [5.41, 5.74) is 4.89. The number of aliphatic hydroxyl groups excluding tert-OH is 1. The standard InChI is InChI=1S/C23H20N2O2S/c26-22(27)15-17-11-13-18(14-12-17)21-16-28-23(24-21)25(19-7-3-1-4-8-19)20-9-5-2-6-10-20/h1-14,16,22,26-27H,15H2. The largest absolute Gasteiger partial charge is 0.368 e. The third kappa shape index (κ3) is 4.12. The third-order valence-electron chi connectivity index (χ3n) is 4.38. The van der Waals surface area contributed by atoms with Crippen molar-refractivity contribution in [1.82, 2.24) is 4.98 Å². The van der Waals surface area contributed by atoms with Crippen molar-refractivity contribution >= 4 is 27.8 Å². The fraction of sp³-hybridized carbons (Fsp3) is 0.0870. The highest BCUT2D eigenvalue weighted by Crippen LogP contribution is 2.37. The average molecular weight is 388 g/mol. The van der Waals surface area contributed by atoms with Crippen LogP contribution in [0, 0.1) is 0 Å². The molecule has 0 bridgehead atoms. The van der Waals surface area contributed by atoms with E-state index in [9.17, 15) is 0 Å². The molecule has 1 aromatic heterocycles. The molecule has 0 aliphatic heterocycles. The lowest BCUT2D eigenvalue weighted by Gasteiger charge is -2.22. The van der Waals surface area contributed by atoms with Gasteiger partial charge in [-0.1, -0.05) is 60.7 Å². The summed E-state index contributed by atoms with van der Waals surface area (Å²) in [4.78, 5) is 7.01. The number of aromatic nitrogens is 1. The van der Waals surface area contributed by atoms with Crippen LogP contribution in [0.1, 0.15) is 5.56 Å². The molecule has 4 aromatic rings. The van der Waals surface area contributed by atoms with Gasteiger partial charge in [0.1, 0.15) is 0 Å². The van der Waals surface area contributed by atoms with Crippen LogP contribution in [0.4, 0.5) is 16.5 Å². The second-order valence-corrected chi connectivity index (χ2v) is 7.24. The molecule has 3 aromatic carbocycles. The molecule has 0 saturated heterocycles. The van der Waals surface area contributed by atoms with Crippen molar-refractivity contribution in [2.45, 2.75) is 12.7 Å². The van der Waals surface area contributed by atoms with E-state index in [2.05, 4.69) is 29.2 Å². The second-order valence-electron chi connectivity index (χ2n) is 6.40. The first-order chi connectivity index (χ1) is 13.7. The van der Waals surface area contributed by atoms with Crippen LogP contribution in [0.5, 0.6) is 0 Å². The van der Waals surface area contributed by atoms with Gasteiger partial charge in [0.25, 0.3) is 0 Å². The molecule has 0 spiro atoms. The lowest BCUT2D eigenvalue weighted by atomic mass is 10.1. The number of rotatable bonds is 6. The maximum Gasteiger partial charge on any atom is 0.195 e. The molecule has 1 heterocycles. The van der Waals surface area contributed by atoms with Crippen LogP contribution in [0.2, 0.25) is 0 Å². The predicted octanol–water partition coefficient (Wildman–Crippen LogP) is 5.13. The summed E-state index contributed by atoms with van der Waals surface area (Å²) in [7, 11) is 0. The van der Waals surface area contributed by atoms with Crippen LogP contribution in [0.3, 0.4) is 0 Å². The van der Waals surface area contributed by atoms with Gasteiger partial charge in [-0.05, 0) is 29.8 Å². The van der Waals surface area contributed by atoms with E-state index in [1.54, 1.807) is 11.3 Å². The van der Waals surface area contributed by atoms with Crippen molar-refractivity contribution in [2.75, 3.05) is 4.90 Å². The van der Waals surface area contributed by atoms with Crippen LogP contribution < -0.4 is 4.90 Å². The van der Waals surface area contributed by atoms with Crippen molar-refractivity contribution in [2.24, 2.45) is 0 Å². The first-order valence-electron chi connectivity index (χ1n) is 9.02. The summed E-state index contributed by atoms with van der Waals surface area (Å²) in [6, 6.07) is 28.1. The van der Waals surface area contributed by atoms with E-state index in [0.29, 0.717) is 0 Å². The van der Waals surface area contributed by atoms with Crippen molar-refractivity contribution < 1.29 is 10.2 Å². The number of aliphatic hydroxyl groups is 2. The molecule has 28 heavy (non-hydrogen) atoms. The molecule has 140 valence electrons. The highest BCUT2D eigenvalue weighted by molar-refractivity contribution is 7.14. The zero-order valence-corrected chi connectivity index (χ0v) is 16.0. The van der Waals surface area contributed by atoms with Gasteiger partial charge in [0.2, 0.25) is 0 Å². The van der Waals surface area contributed by atoms with Crippen LogP contribution >= 0.6 is 11.3 Å². The molecule has 0 saturated carbocycles. The van der Waals surface area contributed by atoms with E-state index in [-0.39, 0.29) is 6.42 Å². The van der Waals surface area contributed by atoms with Crippen LogP contribution in [0.15, 0.2) is 90.3 Å². The molecule has 0 amide bonds. The lowest BCUT2D eigenvalue weighted by Crippen LogP contribution is -2.09. The Balaban J connectivity index is 1.67. The van der Waals surface area contributed by atoms with Gasteiger partial charge in [0.05, 0.1) is 5.69 Å². The third-order valence-corrected chi connectivity index (χ3v) is 5.21. The number of nitrogens with zero attached hydrogens (tertiary/aromatic N) is 2. The normalized spacial score (nSPS) is 11.0. The lowest BCUT2D eigenvalue weighted by molar-refractivity contribution is -0.0381. The fourth-order valence-electron chi connectivity index (χ4n) is 3.05. The number of thiazole rings is 1. The number of para-hydroxylation sites is 2. The zero-order valence-electron chi connectivity index (χ0n) is 15.1. The molecular formula is C23H20N2O2S. The summed E-state index contributed by atoms with van der Waals surface area (Å²) >= 11 is 1.59. The van der Waals surface area contributed by atoms with Gasteiger partial charge in [-0.3, -0.25) is 4.90 Å². The minimum Gasteiger partial charge on any atom is -0.368 e. The highest BCUT2D eigenvalue weighted by Gasteiger charge is 2.16. The summed E-state index contributed by atoms with van der Waals surface area (Å²) in [5.74, 6) is 0. The van der Waals surface area contributed by atoms with Crippen LogP contribution in [-0.2, 0) is 6.42 Å². The molecule has 4 rings (SSSR count). The summed E-state index contributed by atoms with van der Waals surface area (Å²) in [6.07, 6.45) is -1.11. The van der Waals surface area contributed by atoms with Gasteiger partial charge in [-0.25, -0.2) is 4.98 Å². The Morgan fingerprint density at radius 3 is 1.89 bits per heavy atom. The first kappa shape index (κ1) is 18.4. The van der Waals surface area contributed by atoms with E-state index in [4.69, 9.17) is 15.2 Å². The van der Waals surface area contributed by atoms with Gasteiger partial charge >= 0.3 is 0 Å². The number of benzene rings is 3. The van der Waals surface area contributed by atoms with Crippen LogP contribution in [-0.4, -0.2) is 21.5 Å². The molecule has 0 aliphatic rings. The molecule has 0 fully saturated rings. The topological polar surface area (TPSA) is 56.6 Å². The Morgan fingerprint density at radius 2 is 1.36 bits per heavy atom. The van der Waals surface area contributed by atoms with Crippen molar-refractivity contribution in [3.8, 4) is 11.3 Å². The first-order valence-corrected chi connectivity index (χ1v) is 9.90. The molecule has 0 unspecified atom stereocenters. The van der Waals surface area contributed by atoms with E-state index in [0.717, 1.165) is 33.3 Å². The molecule has 0 aliphatic carbocycles. The minimum atomic E-state index is -1.33. The van der Waals surface area contributed by atoms with Crippen molar-refractivity contribution in [1.29, 1.82) is 0 Å². The van der Waals surface area contributed by atoms with Gasteiger partial charge in [0, 0.05) is 28.7 Å². The molecule has 5 heteroatoms. The predicted molar refractivity (Wildman–Crippen MR) is 114 cm³/mol. The quantitative estimate of drug-likeness (QED) is 0.450. The monoisotopic (exact) mass is 388 g/mol. The SMILES string of the molecule is OC(O)Cc1ccc(-c2csc(N(c3ccccc3)c3ccccc3)n2)cc1. The van der Waals surface area contributed by atoms with Gasteiger partial charge < -0.3 is 10.2 Å².